The second-order valence-corrected chi connectivity index (χ2v) is 5.61. The third-order valence-corrected chi connectivity index (χ3v) is 4.03. The SMILES string of the molecule is C=C(C)C(CCC(C)=O)CC1C(=O)CCC1C. The monoisotopic (exact) mass is 236 g/mol. The molecule has 1 fully saturated rings. The van der Waals surface area contributed by atoms with E-state index >= 15 is 0 Å². The fourth-order valence-corrected chi connectivity index (χ4v) is 2.69. The summed E-state index contributed by atoms with van der Waals surface area (Å²) in [5.41, 5.74) is 1.11. The predicted molar refractivity (Wildman–Crippen MR) is 69.7 cm³/mol. The number of carbonyl (C=O) groups excluding carboxylic acids is 2. The molecule has 1 aliphatic carbocycles. The van der Waals surface area contributed by atoms with E-state index in [4.69, 9.17) is 0 Å². The van der Waals surface area contributed by atoms with E-state index < -0.39 is 0 Å². The Morgan fingerprint density at radius 2 is 2.12 bits per heavy atom. The highest BCUT2D eigenvalue weighted by Crippen LogP contribution is 2.35. The van der Waals surface area contributed by atoms with Crippen LogP contribution in [-0.4, -0.2) is 11.6 Å². The van der Waals surface area contributed by atoms with Gasteiger partial charge >= 0.3 is 0 Å². The molecule has 3 atom stereocenters. The first-order valence-electron chi connectivity index (χ1n) is 6.59. The summed E-state index contributed by atoms with van der Waals surface area (Å²) in [5.74, 6) is 1.66. The summed E-state index contributed by atoms with van der Waals surface area (Å²) in [6.45, 7) is 9.80. The van der Waals surface area contributed by atoms with Crippen LogP contribution in [0.15, 0.2) is 12.2 Å². The van der Waals surface area contributed by atoms with Crippen molar-refractivity contribution in [1.29, 1.82) is 0 Å². The lowest BCUT2D eigenvalue weighted by molar-refractivity contribution is -0.121. The van der Waals surface area contributed by atoms with Crippen LogP contribution in [-0.2, 0) is 9.59 Å². The van der Waals surface area contributed by atoms with Gasteiger partial charge in [-0.2, -0.15) is 0 Å². The van der Waals surface area contributed by atoms with Gasteiger partial charge in [0, 0.05) is 18.8 Å². The van der Waals surface area contributed by atoms with Crippen molar-refractivity contribution in [2.45, 2.75) is 52.9 Å². The third-order valence-electron chi connectivity index (χ3n) is 4.03. The van der Waals surface area contributed by atoms with Gasteiger partial charge in [-0.05, 0) is 44.9 Å². The summed E-state index contributed by atoms with van der Waals surface area (Å²) in [5, 5.41) is 0. The standard InChI is InChI=1S/C15H24O2/c1-10(2)13(7-6-12(4)16)9-14-11(3)5-8-15(14)17/h11,13-14H,1,5-9H2,2-4H3. The van der Waals surface area contributed by atoms with Crippen molar-refractivity contribution in [2.24, 2.45) is 17.8 Å². The van der Waals surface area contributed by atoms with Crippen molar-refractivity contribution in [3.63, 3.8) is 0 Å². The minimum atomic E-state index is 0.198. The van der Waals surface area contributed by atoms with Crippen molar-refractivity contribution in [2.75, 3.05) is 0 Å². The number of carbonyl (C=O) groups is 2. The summed E-state index contributed by atoms with van der Waals surface area (Å²) in [6, 6.07) is 0. The Morgan fingerprint density at radius 1 is 1.47 bits per heavy atom. The molecule has 0 aliphatic heterocycles. The molecule has 0 aromatic heterocycles. The van der Waals surface area contributed by atoms with Crippen molar-refractivity contribution < 1.29 is 9.59 Å². The van der Waals surface area contributed by atoms with Crippen LogP contribution in [0, 0.1) is 17.8 Å². The van der Waals surface area contributed by atoms with Crippen LogP contribution >= 0.6 is 0 Å². The highest BCUT2D eigenvalue weighted by Gasteiger charge is 2.33. The van der Waals surface area contributed by atoms with Crippen LogP contribution in [0.4, 0.5) is 0 Å². The second-order valence-electron chi connectivity index (χ2n) is 5.61. The fourth-order valence-electron chi connectivity index (χ4n) is 2.69. The number of hydrogen-bond acceptors (Lipinski definition) is 2. The molecule has 1 aliphatic rings. The Kier molecular flexibility index (Phi) is 5.10. The average Bonchev–Trinajstić information content (AvgIpc) is 2.53. The molecule has 2 heteroatoms. The first-order chi connectivity index (χ1) is 7.91. The molecular weight excluding hydrogens is 212 g/mol. The lowest BCUT2D eigenvalue weighted by Crippen LogP contribution is -2.18. The third kappa shape index (κ3) is 4.10. The van der Waals surface area contributed by atoms with Crippen LogP contribution < -0.4 is 0 Å². The molecule has 0 radical (unpaired) electrons. The lowest BCUT2D eigenvalue weighted by Gasteiger charge is -2.22. The minimum absolute atomic E-state index is 0.198. The number of rotatable bonds is 6. The van der Waals surface area contributed by atoms with Crippen LogP contribution in [0.25, 0.3) is 0 Å². The normalized spacial score (nSPS) is 25.9. The van der Waals surface area contributed by atoms with Gasteiger partial charge in [0.15, 0.2) is 0 Å². The molecule has 2 nitrogen and oxygen atoms in total. The largest absolute Gasteiger partial charge is 0.300 e. The first-order valence-corrected chi connectivity index (χ1v) is 6.59. The van der Waals surface area contributed by atoms with Gasteiger partial charge in [0.1, 0.15) is 11.6 Å². The molecule has 0 heterocycles. The van der Waals surface area contributed by atoms with Gasteiger partial charge in [0.25, 0.3) is 0 Å². The molecular formula is C15H24O2. The van der Waals surface area contributed by atoms with Crippen molar-refractivity contribution in [1.82, 2.24) is 0 Å². The van der Waals surface area contributed by atoms with Crippen molar-refractivity contribution >= 4 is 11.6 Å². The molecule has 17 heavy (non-hydrogen) atoms. The molecule has 96 valence electrons. The van der Waals surface area contributed by atoms with Gasteiger partial charge in [-0.25, -0.2) is 0 Å². The Labute approximate surface area is 104 Å². The summed E-state index contributed by atoms with van der Waals surface area (Å²) in [4.78, 5) is 22.8. The average molecular weight is 236 g/mol. The van der Waals surface area contributed by atoms with Gasteiger partial charge in [-0.15, -0.1) is 0 Å². The highest BCUT2D eigenvalue weighted by atomic mass is 16.1. The zero-order valence-electron chi connectivity index (χ0n) is 11.3. The molecule has 0 aromatic carbocycles. The quantitative estimate of drug-likeness (QED) is 0.661. The first kappa shape index (κ1) is 14.1. The molecule has 1 saturated carbocycles. The lowest BCUT2D eigenvalue weighted by atomic mass is 9.82. The topological polar surface area (TPSA) is 34.1 Å². The molecule has 0 saturated heterocycles. The second kappa shape index (κ2) is 6.13. The summed E-state index contributed by atoms with van der Waals surface area (Å²) < 4.78 is 0. The molecule has 0 aromatic rings. The number of Topliss-reactive ketones (excluding diaryl/α,β-unsaturated/α-hetero) is 2. The molecule has 3 unspecified atom stereocenters. The highest BCUT2D eigenvalue weighted by molar-refractivity contribution is 5.83. The Hall–Kier alpha value is -0.920. The maximum Gasteiger partial charge on any atom is 0.136 e. The summed E-state index contributed by atoms with van der Waals surface area (Å²) in [6.07, 6.45) is 4.11. The van der Waals surface area contributed by atoms with E-state index in [0.717, 1.165) is 31.3 Å². The smallest absolute Gasteiger partial charge is 0.136 e. The van der Waals surface area contributed by atoms with E-state index in [0.29, 0.717) is 24.0 Å². The van der Waals surface area contributed by atoms with Gasteiger partial charge in [-0.3, -0.25) is 4.79 Å². The van der Waals surface area contributed by atoms with Gasteiger partial charge in [-0.1, -0.05) is 19.1 Å². The molecule has 0 bridgehead atoms. The van der Waals surface area contributed by atoms with E-state index in [-0.39, 0.29) is 11.7 Å². The zero-order chi connectivity index (χ0) is 13.0. The van der Waals surface area contributed by atoms with Crippen LogP contribution in [0.5, 0.6) is 0 Å². The Balaban J connectivity index is 2.57. The maximum absolute atomic E-state index is 11.8. The molecule has 0 spiro atoms. The zero-order valence-corrected chi connectivity index (χ0v) is 11.3. The Morgan fingerprint density at radius 3 is 2.53 bits per heavy atom. The predicted octanol–water partition coefficient (Wildman–Crippen LogP) is 3.55. The van der Waals surface area contributed by atoms with Crippen LogP contribution in [0.3, 0.4) is 0 Å². The molecule has 1 rings (SSSR count). The van der Waals surface area contributed by atoms with E-state index in [9.17, 15) is 9.59 Å². The number of ketones is 2. The number of allylic oxidation sites excluding steroid dienone is 1. The van der Waals surface area contributed by atoms with E-state index in [2.05, 4.69) is 13.5 Å². The summed E-state index contributed by atoms with van der Waals surface area (Å²) in [7, 11) is 0. The van der Waals surface area contributed by atoms with E-state index in [1.165, 1.54) is 0 Å². The minimum Gasteiger partial charge on any atom is -0.300 e. The van der Waals surface area contributed by atoms with Gasteiger partial charge in [0.2, 0.25) is 0 Å². The number of hydrogen-bond donors (Lipinski definition) is 0. The van der Waals surface area contributed by atoms with Crippen molar-refractivity contribution in [3.05, 3.63) is 12.2 Å². The Bertz CT molecular complexity index is 317. The van der Waals surface area contributed by atoms with Gasteiger partial charge < -0.3 is 4.79 Å². The van der Waals surface area contributed by atoms with Crippen LogP contribution in [0.2, 0.25) is 0 Å². The fraction of sp³-hybridized carbons (Fsp3) is 0.733. The van der Waals surface area contributed by atoms with Gasteiger partial charge in [0.05, 0.1) is 0 Å². The molecule has 0 amide bonds. The van der Waals surface area contributed by atoms with Crippen LogP contribution in [0.1, 0.15) is 52.9 Å². The van der Waals surface area contributed by atoms with Crippen molar-refractivity contribution in [3.8, 4) is 0 Å². The van der Waals surface area contributed by atoms with E-state index in [1.54, 1.807) is 6.92 Å². The van der Waals surface area contributed by atoms with E-state index in [1.807, 2.05) is 6.92 Å². The maximum atomic E-state index is 11.8. The molecule has 0 N–H and O–H groups in total. The summed E-state index contributed by atoms with van der Waals surface area (Å²) >= 11 is 0.